The van der Waals surface area contributed by atoms with Gasteiger partial charge >= 0.3 is 0 Å². The molecule has 2 amide bonds. The molecule has 402 valence electrons. The molecule has 0 saturated carbocycles. The number of hydrogen-bond acceptors (Lipinski definition) is 15. The number of benzene rings is 3. The molecule has 3 aliphatic rings. The number of sulfonamides is 1. The Morgan fingerprint density at radius 2 is 1.65 bits per heavy atom. The lowest BCUT2D eigenvalue weighted by molar-refractivity contribution is -0.109. The highest BCUT2D eigenvalue weighted by Gasteiger charge is 2.42. The number of halogens is 1. The van der Waals surface area contributed by atoms with Crippen LogP contribution in [0.3, 0.4) is 0 Å². The monoisotopic (exact) mass is 1080 g/mol. The van der Waals surface area contributed by atoms with Crippen molar-refractivity contribution in [3.05, 3.63) is 105 Å². The predicted octanol–water partition coefficient (Wildman–Crippen LogP) is 8.79. The van der Waals surface area contributed by atoms with E-state index in [0.29, 0.717) is 58.9 Å². The topological polar surface area (TPSA) is 265 Å². The number of anilines is 3. The molecule has 8 N–H and O–H groups in total. The number of ether oxygens (including phenoxy) is 1. The van der Waals surface area contributed by atoms with Crippen molar-refractivity contribution in [2.24, 2.45) is 11.5 Å². The number of amides is 2. The van der Waals surface area contributed by atoms with Crippen molar-refractivity contribution in [1.29, 1.82) is 0 Å². The number of unbranched alkanes of at least 4 members (excludes halogenated alkanes) is 2. The van der Waals surface area contributed by atoms with E-state index in [4.69, 9.17) is 42.1 Å². The summed E-state index contributed by atoms with van der Waals surface area (Å²) in [6, 6.07) is 19.7. The van der Waals surface area contributed by atoms with Gasteiger partial charge in [0, 0.05) is 80.4 Å². The Morgan fingerprint density at radius 3 is 2.26 bits per heavy atom. The molecule has 2 saturated heterocycles. The van der Waals surface area contributed by atoms with Crippen molar-refractivity contribution in [2.45, 2.75) is 103 Å². The molecule has 0 aliphatic carbocycles. The number of piperidine rings is 2. The number of primary amides is 1. The van der Waals surface area contributed by atoms with Crippen LogP contribution in [0.5, 0.6) is 5.75 Å². The third-order valence-electron chi connectivity index (χ3n) is 12.2. The summed E-state index contributed by atoms with van der Waals surface area (Å²) < 4.78 is 35.5. The van der Waals surface area contributed by atoms with Crippen molar-refractivity contribution in [2.75, 3.05) is 56.0 Å². The average molecular weight is 1080 g/mol. The minimum atomic E-state index is -3.74. The molecule has 0 bridgehead atoms. The van der Waals surface area contributed by atoms with Crippen LogP contribution in [0.25, 0.3) is 27.3 Å². The Hall–Kier alpha value is -6.22. The third kappa shape index (κ3) is 15.7. The lowest BCUT2D eigenvalue weighted by Crippen LogP contribution is -2.55. The Labute approximate surface area is 444 Å². The highest BCUT2D eigenvalue weighted by molar-refractivity contribution is 7.88. The first-order valence-corrected chi connectivity index (χ1v) is 27.2. The quantitative estimate of drug-likeness (QED) is 0.0399. The molecule has 1 unspecified atom stereocenters. The number of pyridine rings is 1. The number of aldehydes is 3. The van der Waals surface area contributed by atoms with Crippen molar-refractivity contribution in [1.82, 2.24) is 9.29 Å². The Balaban J connectivity index is 0.000000863. The maximum absolute atomic E-state index is 14.2. The van der Waals surface area contributed by atoms with Crippen LogP contribution < -0.4 is 31.7 Å². The highest BCUT2D eigenvalue weighted by atomic mass is 35.5. The summed E-state index contributed by atoms with van der Waals surface area (Å²) in [5.41, 5.74) is 15.9. The van der Waals surface area contributed by atoms with E-state index in [9.17, 15) is 27.6 Å². The first kappa shape index (κ1) is 62.1. The summed E-state index contributed by atoms with van der Waals surface area (Å²) in [7, 11) is -1.74. The van der Waals surface area contributed by atoms with Crippen LogP contribution in [0.2, 0.25) is 5.02 Å². The van der Waals surface area contributed by atoms with E-state index < -0.39 is 15.6 Å². The molecular formula is C54H72ClN7O10S2. The summed E-state index contributed by atoms with van der Waals surface area (Å²) in [6.45, 7) is 11.6. The summed E-state index contributed by atoms with van der Waals surface area (Å²) in [5.74, 6) is 0.254. The van der Waals surface area contributed by atoms with Gasteiger partial charge in [-0.3, -0.25) is 24.2 Å². The first-order chi connectivity index (χ1) is 35.7. The minimum Gasteiger partial charge on any atom is -0.483 e. The number of carbonyl (C=O) groups excluding carboxylic acids is 5. The fraction of sp³-hybridized carbons (Fsp3) is 0.407. The van der Waals surface area contributed by atoms with E-state index in [-0.39, 0.29) is 41.5 Å². The number of aliphatic hydroxyl groups excluding tert-OH is 2. The van der Waals surface area contributed by atoms with Gasteiger partial charge in [0.25, 0.3) is 5.91 Å². The van der Waals surface area contributed by atoms with E-state index in [1.54, 1.807) is 16.6 Å². The summed E-state index contributed by atoms with van der Waals surface area (Å²) >= 11 is 7.80. The number of carbonyl (C=O) groups is 5. The van der Waals surface area contributed by atoms with Gasteiger partial charge in [0.2, 0.25) is 16.4 Å². The van der Waals surface area contributed by atoms with E-state index >= 15 is 0 Å². The molecule has 74 heavy (non-hydrogen) atoms. The molecule has 2 aromatic heterocycles. The maximum atomic E-state index is 14.2. The number of nitrogens with zero attached hydrogens (tertiary/aromatic N) is 3. The number of thiophene rings is 1. The zero-order valence-electron chi connectivity index (χ0n) is 43.3. The molecule has 17 nitrogen and oxygen atoms in total. The predicted molar refractivity (Wildman–Crippen MR) is 299 cm³/mol. The van der Waals surface area contributed by atoms with Gasteiger partial charge in [0.15, 0.2) is 18.3 Å². The second kappa shape index (κ2) is 30.9. The standard InChI is InChI=1S/C44H45ClN6O6S2.C5H10O.C2H6.CH3NO.2CH4O/c1-44(2)23-31(48-30-6-3-5-29(22-30)42-40(45)41(57-20-19-52)38(25-53)58-42)14-18-51(44)59(55,56)26-27-21-37(35(11-15-46)47-24-27)50-16-12-28(13-17-50)32-9-10-36-39-33(32)7-4-8-34(39)43(54)49-36;1-2-3-4-5-6;1-2;2-1-3;2*1-2/h3-11,15,19,21-22,24-25,28,31,48H,12-14,16-18,20,23,26,46H2,1-2H3,(H,49,54);5H,2-4H2,1H3;1-2H3;1H,(H2,2,3);2*2H,1H3/b15-11-;;;;;. The molecule has 5 heterocycles. The van der Waals surface area contributed by atoms with Crippen LogP contribution in [0.15, 0.2) is 73.1 Å². The fourth-order valence-electron chi connectivity index (χ4n) is 9.27. The van der Waals surface area contributed by atoms with Crippen LogP contribution in [-0.2, 0) is 30.2 Å². The number of rotatable bonds is 16. The number of nitrogens with two attached hydrogens (primary N) is 2. The van der Waals surface area contributed by atoms with Gasteiger partial charge in [-0.05, 0) is 117 Å². The molecule has 0 radical (unpaired) electrons. The Morgan fingerprint density at radius 1 is 0.959 bits per heavy atom. The van der Waals surface area contributed by atoms with Gasteiger partial charge in [-0.15, -0.1) is 11.3 Å². The van der Waals surface area contributed by atoms with Crippen LogP contribution in [0.1, 0.15) is 122 Å². The SMILES string of the molecule is CC.CC1(C)CC(Nc2cccc(-c3sc(C=O)c(OCC=O)c3Cl)c2)CCN1S(=O)(=O)Cc1cnc(/C=C\N)c(N2CCC(c3ccc4c5c(cccc35)C(=O)N4)CC2)c1.CCCCC=O.CO.CO.NC=O. The zero-order valence-corrected chi connectivity index (χ0v) is 45.7. The average Bonchev–Trinajstić information content (AvgIpc) is 3.92. The van der Waals surface area contributed by atoms with E-state index in [1.165, 1.54) is 23.1 Å². The van der Waals surface area contributed by atoms with Crippen LogP contribution in [0, 0.1) is 0 Å². The normalized spacial score (nSPS) is 15.7. The van der Waals surface area contributed by atoms with Crippen molar-refractivity contribution in [3.8, 4) is 16.2 Å². The molecular weight excluding hydrogens is 1010 g/mol. The highest BCUT2D eigenvalue weighted by Crippen LogP contribution is 2.46. The molecule has 0 spiro atoms. The van der Waals surface area contributed by atoms with Crippen molar-refractivity contribution < 1.29 is 47.3 Å². The number of hydrogen-bond donors (Lipinski definition) is 6. The third-order valence-corrected chi connectivity index (χ3v) is 15.9. The van der Waals surface area contributed by atoms with Gasteiger partial charge < -0.3 is 46.7 Å². The van der Waals surface area contributed by atoms with Crippen LogP contribution >= 0.6 is 22.9 Å². The van der Waals surface area contributed by atoms with Crippen molar-refractivity contribution in [3.63, 3.8) is 0 Å². The van der Waals surface area contributed by atoms with Crippen LogP contribution in [0.4, 0.5) is 17.1 Å². The second-order valence-corrected chi connectivity index (χ2v) is 20.6. The van der Waals surface area contributed by atoms with Gasteiger partial charge in [-0.2, -0.15) is 4.31 Å². The molecule has 20 heteroatoms. The summed E-state index contributed by atoms with van der Waals surface area (Å²) in [6.07, 6.45) is 13.2. The summed E-state index contributed by atoms with van der Waals surface area (Å²) in [5, 5.41) is 23.0. The van der Waals surface area contributed by atoms with Gasteiger partial charge in [-0.1, -0.05) is 69.1 Å². The van der Waals surface area contributed by atoms with E-state index in [2.05, 4.69) is 40.3 Å². The first-order valence-electron chi connectivity index (χ1n) is 24.4. The van der Waals surface area contributed by atoms with E-state index in [0.717, 1.165) is 105 Å². The Bertz CT molecular complexity index is 2780. The minimum absolute atomic E-state index is 0.00882. The lowest BCUT2D eigenvalue weighted by atomic mass is 9.85. The van der Waals surface area contributed by atoms with Gasteiger partial charge in [0.05, 0.1) is 22.0 Å². The molecule has 3 aliphatic heterocycles. The molecule has 5 aromatic rings. The smallest absolute Gasteiger partial charge is 0.256 e. The molecule has 2 fully saturated rings. The van der Waals surface area contributed by atoms with Crippen molar-refractivity contribution >= 4 is 98.0 Å². The maximum Gasteiger partial charge on any atom is 0.256 e. The Kier molecular flexibility index (Phi) is 25.9. The summed E-state index contributed by atoms with van der Waals surface area (Å²) in [4.78, 5) is 61.2. The van der Waals surface area contributed by atoms with Gasteiger partial charge in [-0.25, -0.2) is 8.42 Å². The van der Waals surface area contributed by atoms with E-state index in [1.807, 2.05) is 76.2 Å². The lowest BCUT2D eigenvalue weighted by Gasteiger charge is -2.45. The molecule has 8 rings (SSSR count). The fourth-order valence-corrected chi connectivity index (χ4v) is 12.6. The number of aromatic nitrogens is 1. The van der Waals surface area contributed by atoms with Crippen LogP contribution in [-0.4, -0.2) is 111 Å². The second-order valence-electron chi connectivity index (χ2n) is 17.3. The number of nitrogens with one attached hydrogen (secondary N) is 2. The zero-order chi connectivity index (χ0) is 55.0. The molecule has 1 atom stereocenters. The molecule has 3 aromatic carbocycles. The number of aliphatic hydroxyl groups is 2. The largest absolute Gasteiger partial charge is 0.483 e. The van der Waals surface area contributed by atoms with Gasteiger partial charge in [0.1, 0.15) is 22.8 Å².